The molecule has 0 heterocycles. The molecule has 8 aromatic carbocycles. The maximum atomic E-state index is 4.40. The monoisotopic (exact) mass is 687 g/mol. The first-order valence-electron chi connectivity index (χ1n) is 18.7. The number of fused-ring (bicyclic) bond motifs is 10. The van der Waals surface area contributed by atoms with Crippen molar-refractivity contribution in [2.45, 2.75) is 11.8 Å². The quantitative estimate of drug-likeness (QED) is 0.148. The number of hydrogen-bond donors (Lipinski definition) is 0. The number of aliphatic imine (C=N–C) groups is 1. The van der Waals surface area contributed by atoms with Crippen LogP contribution in [0.4, 0.5) is 0 Å². The van der Waals surface area contributed by atoms with Crippen LogP contribution in [0.25, 0.3) is 61.3 Å². The molecular formula is C53H37N. The molecule has 1 nitrogen and oxygen atoms in total. The number of allylic oxidation sites excluding steroid dienone is 1. The molecule has 0 bridgehead atoms. The minimum absolute atomic E-state index is 0.350. The summed E-state index contributed by atoms with van der Waals surface area (Å²) in [4.78, 5) is 4.40. The lowest BCUT2D eigenvalue weighted by atomic mass is 9.70. The summed E-state index contributed by atoms with van der Waals surface area (Å²) in [6.07, 6.45) is 2.94. The third kappa shape index (κ3) is 5.04. The summed E-state index contributed by atoms with van der Waals surface area (Å²) in [6.45, 7) is 3.89. The highest BCUT2D eigenvalue weighted by Crippen LogP contribution is 2.63. The van der Waals surface area contributed by atoms with Gasteiger partial charge < -0.3 is 0 Å². The van der Waals surface area contributed by atoms with Crippen molar-refractivity contribution >= 4 is 12.4 Å². The van der Waals surface area contributed by atoms with E-state index in [9.17, 15) is 0 Å². The fourth-order valence-electron chi connectivity index (χ4n) is 8.98. The number of benzene rings is 8. The van der Waals surface area contributed by atoms with E-state index < -0.39 is 0 Å². The molecule has 2 aliphatic carbocycles. The van der Waals surface area contributed by atoms with Gasteiger partial charge in [-0.3, -0.25) is 4.99 Å². The zero-order valence-corrected chi connectivity index (χ0v) is 29.9. The van der Waals surface area contributed by atoms with Gasteiger partial charge in [0, 0.05) is 0 Å². The van der Waals surface area contributed by atoms with Crippen LogP contribution >= 0.6 is 0 Å². The summed E-state index contributed by atoms with van der Waals surface area (Å²) in [5.74, 6) is 0. The molecule has 0 amide bonds. The maximum absolute atomic E-state index is 4.40. The summed E-state index contributed by atoms with van der Waals surface area (Å²) in [7, 11) is 0. The van der Waals surface area contributed by atoms with Crippen LogP contribution in [0.2, 0.25) is 0 Å². The van der Waals surface area contributed by atoms with E-state index in [1.54, 1.807) is 0 Å². The molecule has 0 saturated heterocycles. The molecule has 10 rings (SSSR count). The molecule has 2 aliphatic rings. The predicted octanol–water partition coefficient (Wildman–Crippen LogP) is 13.3. The zero-order chi connectivity index (χ0) is 36.1. The molecule has 0 N–H and O–H groups in total. The van der Waals surface area contributed by atoms with Crippen molar-refractivity contribution in [3.05, 3.63) is 234 Å². The maximum Gasteiger partial charge on any atom is 0.0725 e. The smallest absolute Gasteiger partial charge is 0.0725 e. The van der Waals surface area contributed by atoms with E-state index >= 15 is 0 Å². The Balaban J connectivity index is 0.987. The average Bonchev–Trinajstić information content (AvgIpc) is 3.72. The second-order valence-corrected chi connectivity index (χ2v) is 14.3. The van der Waals surface area contributed by atoms with Crippen LogP contribution in [0.15, 0.2) is 205 Å². The molecule has 0 aromatic heterocycles. The van der Waals surface area contributed by atoms with Gasteiger partial charge in [0.1, 0.15) is 0 Å². The topological polar surface area (TPSA) is 12.4 Å². The summed E-state index contributed by atoms with van der Waals surface area (Å²) in [5, 5.41) is 0. The van der Waals surface area contributed by atoms with Crippen LogP contribution in [0.1, 0.15) is 33.4 Å². The third-order valence-electron chi connectivity index (χ3n) is 11.4. The predicted molar refractivity (Wildman–Crippen MR) is 227 cm³/mol. The van der Waals surface area contributed by atoms with Crippen LogP contribution in [0, 0.1) is 0 Å². The van der Waals surface area contributed by atoms with E-state index in [0.717, 1.165) is 17.7 Å². The Morgan fingerprint density at radius 3 is 1.48 bits per heavy atom. The largest absolute Gasteiger partial charge is 0.264 e. The van der Waals surface area contributed by atoms with Crippen molar-refractivity contribution in [2.75, 3.05) is 0 Å². The van der Waals surface area contributed by atoms with Gasteiger partial charge in [0.2, 0.25) is 0 Å². The van der Waals surface area contributed by atoms with Gasteiger partial charge in [0.25, 0.3) is 0 Å². The molecular weight excluding hydrogens is 651 g/mol. The molecule has 0 saturated carbocycles. The van der Waals surface area contributed by atoms with Crippen molar-refractivity contribution in [3.8, 4) is 55.6 Å². The summed E-state index contributed by atoms with van der Waals surface area (Å²) in [6, 6.07) is 71.0. The van der Waals surface area contributed by atoms with Gasteiger partial charge in [0.05, 0.1) is 11.1 Å². The van der Waals surface area contributed by atoms with Crippen LogP contribution in [-0.4, -0.2) is 6.72 Å². The van der Waals surface area contributed by atoms with Gasteiger partial charge in [-0.25, -0.2) is 0 Å². The first-order chi connectivity index (χ1) is 26.7. The number of hydrogen-bond acceptors (Lipinski definition) is 1. The van der Waals surface area contributed by atoms with Crippen LogP contribution < -0.4 is 0 Å². The average molecular weight is 688 g/mol. The standard InChI is InChI=1S/C53H37N/c1-54-52(39-28-26-38(27-29-39)37-14-3-2-4-15-37)32-25-36-13-11-16-40(33-36)41-17-12-18-42(34-41)43-30-31-47-46-21-7-10-24-50(46)53(51(47)35-43)48-22-8-5-19-44(48)45-20-6-9-23-49(45)53/h2-24,26-35H,1,25H2/b52-32-. The lowest BCUT2D eigenvalue weighted by molar-refractivity contribution is 0.794. The Morgan fingerprint density at radius 2 is 0.870 bits per heavy atom. The lowest BCUT2D eigenvalue weighted by Gasteiger charge is -2.30. The molecule has 54 heavy (non-hydrogen) atoms. The molecule has 0 radical (unpaired) electrons. The van der Waals surface area contributed by atoms with Gasteiger partial charge >= 0.3 is 0 Å². The van der Waals surface area contributed by atoms with Crippen molar-refractivity contribution in [1.82, 2.24) is 0 Å². The second kappa shape index (κ2) is 13.0. The van der Waals surface area contributed by atoms with Crippen LogP contribution in [0.5, 0.6) is 0 Å². The number of nitrogens with zero attached hydrogens (tertiary/aromatic N) is 1. The van der Waals surface area contributed by atoms with E-state index in [1.165, 1.54) is 83.5 Å². The van der Waals surface area contributed by atoms with Gasteiger partial charge in [-0.2, -0.15) is 0 Å². The van der Waals surface area contributed by atoms with Crippen LogP contribution in [0.3, 0.4) is 0 Å². The Morgan fingerprint density at radius 1 is 0.407 bits per heavy atom. The highest BCUT2D eigenvalue weighted by molar-refractivity contribution is 5.96. The van der Waals surface area contributed by atoms with E-state index in [4.69, 9.17) is 0 Å². The Hall–Kier alpha value is -6.83. The van der Waals surface area contributed by atoms with Gasteiger partial charge in [-0.05, 0) is 114 Å². The molecule has 0 fully saturated rings. The molecule has 8 aromatic rings. The highest BCUT2D eigenvalue weighted by atomic mass is 14.7. The minimum Gasteiger partial charge on any atom is -0.264 e. The third-order valence-corrected chi connectivity index (χ3v) is 11.4. The fraction of sp³-hybridized carbons (Fsp3) is 0.0377. The molecule has 0 unspecified atom stereocenters. The lowest BCUT2D eigenvalue weighted by Crippen LogP contribution is -2.25. The summed E-state index contributed by atoms with van der Waals surface area (Å²) >= 11 is 0. The summed E-state index contributed by atoms with van der Waals surface area (Å²) < 4.78 is 0. The zero-order valence-electron chi connectivity index (χ0n) is 29.9. The molecule has 254 valence electrons. The number of rotatable bonds is 7. The Labute approximate surface area is 317 Å². The minimum atomic E-state index is -0.350. The molecule has 0 aliphatic heterocycles. The fourth-order valence-corrected chi connectivity index (χ4v) is 8.98. The van der Waals surface area contributed by atoms with Gasteiger partial charge in [-0.1, -0.05) is 188 Å². The van der Waals surface area contributed by atoms with Crippen LogP contribution in [-0.2, 0) is 11.8 Å². The Kier molecular flexibility index (Phi) is 7.66. The molecule has 1 heteroatoms. The van der Waals surface area contributed by atoms with E-state index in [0.29, 0.717) is 0 Å². The van der Waals surface area contributed by atoms with Gasteiger partial charge in [0.15, 0.2) is 0 Å². The van der Waals surface area contributed by atoms with Crippen molar-refractivity contribution < 1.29 is 0 Å². The van der Waals surface area contributed by atoms with Gasteiger partial charge in [-0.15, -0.1) is 0 Å². The van der Waals surface area contributed by atoms with E-state index in [2.05, 4.69) is 206 Å². The van der Waals surface area contributed by atoms with E-state index in [1.807, 2.05) is 6.07 Å². The Bertz CT molecular complexity index is 2690. The second-order valence-electron chi connectivity index (χ2n) is 14.3. The molecule has 1 spiro atoms. The van der Waals surface area contributed by atoms with Crippen molar-refractivity contribution in [2.24, 2.45) is 4.99 Å². The SMILES string of the molecule is C=N/C(=C\Cc1cccc(-c2cccc(-c3ccc4c(c3)C3(c5ccccc5-c5ccccc53)c3ccccc3-4)c2)c1)c1ccc(-c2ccccc2)cc1. The first kappa shape index (κ1) is 31.9. The van der Waals surface area contributed by atoms with Crippen molar-refractivity contribution in [1.29, 1.82) is 0 Å². The highest BCUT2D eigenvalue weighted by Gasteiger charge is 2.51. The van der Waals surface area contributed by atoms with E-state index in [-0.39, 0.29) is 5.41 Å². The normalized spacial score (nSPS) is 13.2. The van der Waals surface area contributed by atoms with Crippen molar-refractivity contribution in [3.63, 3.8) is 0 Å². The molecule has 0 atom stereocenters. The summed E-state index contributed by atoms with van der Waals surface area (Å²) in [5.41, 5.74) is 20.8. The first-order valence-corrected chi connectivity index (χ1v) is 18.7.